The molecular formula is C14H14NO2-. The van der Waals surface area contributed by atoms with E-state index in [0.29, 0.717) is 5.57 Å². The predicted molar refractivity (Wildman–Crippen MR) is 63.2 cm³/mol. The SMILES string of the molecule is O=C([O-])C1=CC2(CCNCC2)c2ccccc21. The molecule has 0 bridgehead atoms. The molecule has 1 saturated heterocycles. The Labute approximate surface area is 100 Å². The Morgan fingerprint density at radius 1 is 1.24 bits per heavy atom. The van der Waals surface area contributed by atoms with Crippen LogP contribution in [-0.4, -0.2) is 19.1 Å². The van der Waals surface area contributed by atoms with Gasteiger partial charge >= 0.3 is 0 Å². The zero-order valence-corrected chi connectivity index (χ0v) is 9.53. The van der Waals surface area contributed by atoms with E-state index in [2.05, 4.69) is 5.32 Å². The molecule has 0 saturated carbocycles. The molecule has 1 heterocycles. The molecule has 1 spiro atoms. The van der Waals surface area contributed by atoms with Gasteiger partial charge in [0.2, 0.25) is 0 Å². The molecule has 0 amide bonds. The number of carboxylic acid groups (broad SMARTS) is 1. The van der Waals surface area contributed by atoms with Crippen molar-refractivity contribution in [2.45, 2.75) is 18.3 Å². The van der Waals surface area contributed by atoms with Gasteiger partial charge in [-0.25, -0.2) is 0 Å². The van der Waals surface area contributed by atoms with Gasteiger partial charge in [0.25, 0.3) is 0 Å². The molecule has 1 aliphatic heterocycles. The number of carbonyl (C=O) groups excluding carboxylic acids is 1. The summed E-state index contributed by atoms with van der Waals surface area (Å²) >= 11 is 0. The minimum Gasteiger partial charge on any atom is -0.545 e. The van der Waals surface area contributed by atoms with Crippen molar-refractivity contribution in [2.75, 3.05) is 13.1 Å². The zero-order chi connectivity index (χ0) is 11.9. The van der Waals surface area contributed by atoms with E-state index in [1.54, 1.807) is 0 Å². The van der Waals surface area contributed by atoms with Crippen LogP contribution in [0.15, 0.2) is 30.3 Å². The molecule has 3 rings (SSSR count). The van der Waals surface area contributed by atoms with Crippen molar-refractivity contribution >= 4 is 11.5 Å². The van der Waals surface area contributed by atoms with Gasteiger partial charge < -0.3 is 15.2 Å². The lowest BCUT2D eigenvalue weighted by atomic mass is 9.75. The van der Waals surface area contributed by atoms with Gasteiger partial charge in [0.15, 0.2) is 0 Å². The summed E-state index contributed by atoms with van der Waals surface area (Å²) in [6.07, 6.45) is 3.83. The van der Waals surface area contributed by atoms with Crippen LogP contribution in [0, 0.1) is 0 Å². The van der Waals surface area contributed by atoms with Gasteiger partial charge in [-0.05, 0) is 37.1 Å². The molecule has 2 aliphatic rings. The highest BCUT2D eigenvalue weighted by Crippen LogP contribution is 2.45. The Balaban J connectivity index is 2.15. The second-order valence-corrected chi connectivity index (χ2v) is 4.80. The highest BCUT2D eigenvalue weighted by atomic mass is 16.4. The Kier molecular flexibility index (Phi) is 2.30. The van der Waals surface area contributed by atoms with Crippen LogP contribution >= 0.6 is 0 Å². The topological polar surface area (TPSA) is 52.2 Å². The quantitative estimate of drug-likeness (QED) is 0.759. The second kappa shape index (κ2) is 3.70. The average Bonchev–Trinajstić information content (AvgIpc) is 2.66. The molecule has 1 fully saturated rings. The Hall–Kier alpha value is -1.61. The maximum Gasteiger partial charge on any atom is 0.0718 e. The van der Waals surface area contributed by atoms with E-state index in [1.807, 2.05) is 30.3 Å². The Bertz CT molecular complexity index is 499. The van der Waals surface area contributed by atoms with Crippen LogP contribution in [0.1, 0.15) is 24.0 Å². The van der Waals surface area contributed by atoms with Crippen molar-refractivity contribution in [3.8, 4) is 0 Å². The Morgan fingerprint density at radius 2 is 1.94 bits per heavy atom. The normalized spacial score (nSPS) is 21.1. The van der Waals surface area contributed by atoms with Crippen molar-refractivity contribution in [3.63, 3.8) is 0 Å². The van der Waals surface area contributed by atoms with E-state index >= 15 is 0 Å². The van der Waals surface area contributed by atoms with Crippen LogP contribution in [0.3, 0.4) is 0 Å². The molecule has 88 valence electrons. The molecule has 1 N–H and O–H groups in total. The molecule has 1 aromatic carbocycles. The summed E-state index contributed by atoms with van der Waals surface area (Å²) in [5.41, 5.74) is 2.27. The van der Waals surface area contributed by atoms with Crippen molar-refractivity contribution < 1.29 is 9.90 Å². The van der Waals surface area contributed by atoms with Crippen molar-refractivity contribution in [1.82, 2.24) is 5.32 Å². The van der Waals surface area contributed by atoms with Gasteiger partial charge in [-0.2, -0.15) is 0 Å². The van der Waals surface area contributed by atoms with Crippen LogP contribution in [0.4, 0.5) is 0 Å². The first-order chi connectivity index (χ1) is 8.23. The average molecular weight is 228 g/mol. The number of piperidine rings is 1. The van der Waals surface area contributed by atoms with E-state index in [-0.39, 0.29) is 5.41 Å². The number of rotatable bonds is 1. The first-order valence-electron chi connectivity index (χ1n) is 5.98. The Morgan fingerprint density at radius 3 is 2.65 bits per heavy atom. The second-order valence-electron chi connectivity index (χ2n) is 4.80. The summed E-state index contributed by atoms with van der Waals surface area (Å²) in [7, 11) is 0. The van der Waals surface area contributed by atoms with E-state index in [1.165, 1.54) is 0 Å². The molecule has 1 aromatic rings. The molecule has 3 nitrogen and oxygen atoms in total. The number of nitrogens with one attached hydrogen (secondary N) is 1. The molecule has 17 heavy (non-hydrogen) atoms. The number of carboxylic acids is 1. The lowest BCUT2D eigenvalue weighted by molar-refractivity contribution is -0.295. The smallest absolute Gasteiger partial charge is 0.0718 e. The first kappa shape index (κ1) is 10.5. The van der Waals surface area contributed by atoms with Crippen molar-refractivity contribution in [2.24, 2.45) is 0 Å². The van der Waals surface area contributed by atoms with Gasteiger partial charge in [-0.15, -0.1) is 0 Å². The fourth-order valence-electron chi connectivity index (χ4n) is 3.04. The number of fused-ring (bicyclic) bond motifs is 2. The van der Waals surface area contributed by atoms with Gasteiger partial charge in [0, 0.05) is 11.0 Å². The number of carbonyl (C=O) groups is 1. The predicted octanol–water partition coefficient (Wildman–Crippen LogP) is 0.455. The zero-order valence-electron chi connectivity index (χ0n) is 9.53. The van der Waals surface area contributed by atoms with Crippen molar-refractivity contribution in [3.05, 3.63) is 41.5 Å². The third kappa shape index (κ3) is 1.50. The van der Waals surface area contributed by atoms with Crippen LogP contribution in [0.2, 0.25) is 0 Å². The standard InChI is InChI=1S/C14H15NO2/c16-13(17)11-9-14(5-7-15-8-6-14)12-4-2-1-3-10(11)12/h1-4,9,15H,5-8H2,(H,16,17)/p-1. The maximum absolute atomic E-state index is 11.2. The summed E-state index contributed by atoms with van der Waals surface area (Å²) in [5.74, 6) is -1.06. The van der Waals surface area contributed by atoms with E-state index in [4.69, 9.17) is 0 Å². The van der Waals surface area contributed by atoms with Crippen LogP contribution in [0.25, 0.3) is 5.57 Å². The van der Waals surface area contributed by atoms with Gasteiger partial charge in [-0.1, -0.05) is 30.3 Å². The summed E-state index contributed by atoms with van der Waals surface area (Å²) in [6.45, 7) is 1.87. The van der Waals surface area contributed by atoms with Gasteiger partial charge in [0.1, 0.15) is 0 Å². The molecule has 0 unspecified atom stereocenters. The summed E-state index contributed by atoms with van der Waals surface area (Å²) in [5, 5.41) is 14.5. The fraction of sp³-hybridized carbons (Fsp3) is 0.357. The van der Waals surface area contributed by atoms with Crippen LogP contribution < -0.4 is 10.4 Å². The van der Waals surface area contributed by atoms with Crippen LogP contribution in [0.5, 0.6) is 0 Å². The monoisotopic (exact) mass is 228 g/mol. The van der Waals surface area contributed by atoms with E-state index < -0.39 is 5.97 Å². The number of allylic oxidation sites excluding steroid dienone is 1. The van der Waals surface area contributed by atoms with Gasteiger partial charge in [0.05, 0.1) is 5.97 Å². The largest absolute Gasteiger partial charge is 0.545 e. The van der Waals surface area contributed by atoms with Gasteiger partial charge in [-0.3, -0.25) is 0 Å². The van der Waals surface area contributed by atoms with E-state index in [0.717, 1.165) is 37.1 Å². The number of benzene rings is 1. The molecular weight excluding hydrogens is 214 g/mol. The van der Waals surface area contributed by atoms with Crippen molar-refractivity contribution in [1.29, 1.82) is 0 Å². The lowest BCUT2D eigenvalue weighted by Crippen LogP contribution is -2.37. The summed E-state index contributed by atoms with van der Waals surface area (Å²) in [4.78, 5) is 11.2. The molecule has 0 atom stereocenters. The third-order valence-corrected chi connectivity index (χ3v) is 3.89. The highest BCUT2D eigenvalue weighted by molar-refractivity contribution is 6.16. The highest BCUT2D eigenvalue weighted by Gasteiger charge is 2.38. The lowest BCUT2D eigenvalue weighted by Gasteiger charge is -2.33. The first-order valence-corrected chi connectivity index (χ1v) is 5.98. The summed E-state index contributed by atoms with van der Waals surface area (Å²) < 4.78 is 0. The minimum absolute atomic E-state index is 0.0861. The fourth-order valence-corrected chi connectivity index (χ4v) is 3.04. The maximum atomic E-state index is 11.2. The third-order valence-electron chi connectivity index (χ3n) is 3.89. The number of aliphatic carboxylic acids is 1. The molecule has 0 aromatic heterocycles. The number of hydrogen-bond donors (Lipinski definition) is 1. The van der Waals surface area contributed by atoms with E-state index in [9.17, 15) is 9.90 Å². The molecule has 0 radical (unpaired) electrons. The minimum atomic E-state index is -1.06. The number of hydrogen-bond acceptors (Lipinski definition) is 3. The molecule has 3 heteroatoms. The molecule has 1 aliphatic carbocycles. The van der Waals surface area contributed by atoms with Crippen LogP contribution in [-0.2, 0) is 10.2 Å². The summed E-state index contributed by atoms with van der Waals surface area (Å²) in [6, 6.07) is 7.80.